The van der Waals surface area contributed by atoms with Gasteiger partial charge in [-0.25, -0.2) is 0 Å². The molecule has 1 heterocycles. The molecule has 2 aromatic carbocycles. The van der Waals surface area contributed by atoms with Crippen LogP contribution >= 0.6 is 11.3 Å². The SMILES string of the molecule is Cc1ccc2c(-c3cccs3)cccc2c1. The van der Waals surface area contributed by atoms with Crippen molar-refractivity contribution in [2.24, 2.45) is 0 Å². The smallest absolute Gasteiger partial charge is 0.0348 e. The van der Waals surface area contributed by atoms with E-state index in [2.05, 4.69) is 60.8 Å². The quantitative estimate of drug-likeness (QED) is 0.553. The third-order valence-corrected chi connectivity index (χ3v) is 3.73. The van der Waals surface area contributed by atoms with Gasteiger partial charge in [0.2, 0.25) is 0 Å². The predicted octanol–water partition coefficient (Wildman–Crippen LogP) is 4.88. The Morgan fingerprint density at radius 3 is 2.69 bits per heavy atom. The summed E-state index contributed by atoms with van der Waals surface area (Å²) in [5, 5.41) is 4.80. The van der Waals surface area contributed by atoms with Crippen LogP contribution in [0.4, 0.5) is 0 Å². The molecule has 0 spiro atoms. The van der Waals surface area contributed by atoms with Gasteiger partial charge < -0.3 is 0 Å². The number of thiophene rings is 1. The van der Waals surface area contributed by atoms with Gasteiger partial charge in [-0.1, -0.05) is 48.0 Å². The fourth-order valence-corrected chi connectivity index (χ4v) is 2.82. The van der Waals surface area contributed by atoms with Crippen LogP contribution in [0.3, 0.4) is 0 Å². The minimum Gasteiger partial charge on any atom is -0.144 e. The lowest BCUT2D eigenvalue weighted by Gasteiger charge is -2.05. The Bertz CT molecular complexity index is 621. The molecule has 0 saturated heterocycles. The highest BCUT2D eigenvalue weighted by Gasteiger charge is 2.03. The Balaban J connectivity index is 2.34. The molecule has 0 aliphatic carbocycles. The van der Waals surface area contributed by atoms with Gasteiger partial charge in [-0.15, -0.1) is 11.3 Å². The summed E-state index contributed by atoms with van der Waals surface area (Å²) in [6.07, 6.45) is 0. The average molecular weight is 224 g/mol. The molecule has 0 bridgehead atoms. The lowest BCUT2D eigenvalue weighted by Crippen LogP contribution is -1.79. The monoisotopic (exact) mass is 224 g/mol. The van der Waals surface area contributed by atoms with Gasteiger partial charge in [-0.3, -0.25) is 0 Å². The summed E-state index contributed by atoms with van der Waals surface area (Å²) in [4.78, 5) is 1.34. The second-order valence-electron chi connectivity index (χ2n) is 4.01. The fourth-order valence-electron chi connectivity index (χ4n) is 2.05. The molecular formula is C15H12S. The molecule has 3 aromatic rings. The maximum absolute atomic E-state index is 2.24. The van der Waals surface area contributed by atoms with Gasteiger partial charge in [-0.05, 0) is 34.7 Å². The summed E-state index contributed by atoms with van der Waals surface area (Å²) in [5.74, 6) is 0. The second-order valence-corrected chi connectivity index (χ2v) is 4.96. The molecule has 3 rings (SSSR count). The second kappa shape index (κ2) is 3.76. The lowest BCUT2D eigenvalue weighted by molar-refractivity contribution is 1.51. The normalized spacial score (nSPS) is 10.8. The van der Waals surface area contributed by atoms with E-state index < -0.39 is 0 Å². The molecule has 0 atom stereocenters. The highest BCUT2D eigenvalue weighted by molar-refractivity contribution is 7.13. The average Bonchev–Trinajstić information content (AvgIpc) is 2.81. The number of benzene rings is 2. The van der Waals surface area contributed by atoms with Crippen LogP contribution in [0.15, 0.2) is 53.9 Å². The molecule has 0 unspecified atom stereocenters. The van der Waals surface area contributed by atoms with E-state index in [1.165, 1.54) is 26.8 Å². The molecule has 0 nitrogen and oxygen atoms in total. The third kappa shape index (κ3) is 1.54. The molecule has 78 valence electrons. The Kier molecular flexibility index (Phi) is 2.26. The number of hydrogen-bond acceptors (Lipinski definition) is 1. The van der Waals surface area contributed by atoms with E-state index in [4.69, 9.17) is 0 Å². The zero-order valence-corrected chi connectivity index (χ0v) is 9.92. The number of aryl methyl sites for hydroxylation is 1. The van der Waals surface area contributed by atoms with E-state index in [1.807, 2.05) is 0 Å². The largest absolute Gasteiger partial charge is 0.144 e. The Morgan fingerprint density at radius 2 is 1.88 bits per heavy atom. The first-order chi connectivity index (χ1) is 7.84. The number of hydrogen-bond donors (Lipinski definition) is 0. The summed E-state index contributed by atoms with van der Waals surface area (Å²) in [6.45, 7) is 2.14. The fraction of sp³-hybridized carbons (Fsp3) is 0.0667. The molecule has 0 N–H and O–H groups in total. The van der Waals surface area contributed by atoms with Crippen molar-refractivity contribution in [1.29, 1.82) is 0 Å². The van der Waals surface area contributed by atoms with Gasteiger partial charge in [0, 0.05) is 4.88 Å². The van der Waals surface area contributed by atoms with Crippen LogP contribution in [0.2, 0.25) is 0 Å². The Hall–Kier alpha value is -1.60. The maximum Gasteiger partial charge on any atom is 0.0348 e. The first-order valence-corrected chi connectivity index (χ1v) is 6.26. The topological polar surface area (TPSA) is 0 Å². The van der Waals surface area contributed by atoms with Crippen molar-refractivity contribution in [2.75, 3.05) is 0 Å². The zero-order valence-electron chi connectivity index (χ0n) is 9.10. The molecule has 0 radical (unpaired) electrons. The predicted molar refractivity (Wildman–Crippen MR) is 72.0 cm³/mol. The van der Waals surface area contributed by atoms with Crippen molar-refractivity contribution >= 4 is 22.1 Å². The molecule has 0 fully saturated rings. The van der Waals surface area contributed by atoms with Crippen molar-refractivity contribution in [1.82, 2.24) is 0 Å². The van der Waals surface area contributed by atoms with Gasteiger partial charge in [0.25, 0.3) is 0 Å². The lowest BCUT2D eigenvalue weighted by atomic mass is 10.0. The summed E-state index contributed by atoms with van der Waals surface area (Å²) in [5.41, 5.74) is 2.66. The van der Waals surface area contributed by atoms with E-state index in [9.17, 15) is 0 Å². The molecule has 1 heteroatoms. The summed E-state index contributed by atoms with van der Waals surface area (Å²) in [6, 6.07) is 17.4. The van der Waals surface area contributed by atoms with Crippen LogP contribution in [-0.2, 0) is 0 Å². The van der Waals surface area contributed by atoms with Crippen molar-refractivity contribution in [3.8, 4) is 10.4 Å². The minimum atomic E-state index is 1.32. The van der Waals surface area contributed by atoms with Crippen molar-refractivity contribution in [2.45, 2.75) is 6.92 Å². The van der Waals surface area contributed by atoms with Gasteiger partial charge in [-0.2, -0.15) is 0 Å². The summed E-state index contributed by atoms with van der Waals surface area (Å²) >= 11 is 1.80. The van der Waals surface area contributed by atoms with Gasteiger partial charge in [0.05, 0.1) is 0 Å². The third-order valence-electron chi connectivity index (χ3n) is 2.82. The van der Waals surface area contributed by atoms with E-state index in [0.717, 1.165) is 0 Å². The first kappa shape index (κ1) is 9.61. The zero-order chi connectivity index (χ0) is 11.0. The molecule has 16 heavy (non-hydrogen) atoms. The van der Waals surface area contributed by atoms with Crippen LogP contribution in [0.1, 0.15) is 5.56 Å². The minimum absolute atomic E-state index is 1.32. The van der Waals surface area contributed by atoms with E-state index >= 15 is 0 Å². The summed E-state index contributed by atoms with van der Waals surface area (Å²) < 4.78 is 0. The van der Waals surface area contributed by atoms with Crippen LogP contribution in [0.5, 0.6) is 0 Å². The Labute approximate surface area is 99.2 Å². The van der Waals surface area contributed by atoms with Crippen LogP contribution in [0, 0.1) is 6.92 Å². The molecule has 0 saturated carbocycles. The van der Waals surface area contributed by atoms with Crippen molar-refractivity contribution < 1.29 is 0 Å². The Morgan fingerprint density at radius 1 is 0.938 bits per heavy atom. The van der Waals surface area contributed by atoms with Crippen molar-refractivity contribution in [3.63, 3.8) is 0 Å². The van der Waals surface area contributed by atoms with E-state index in [-0.39, 0.29) is 0 Å². The van der Waals surface area contributed by atoms with Gasteiger partial charge >= 0.3 is 0 Å². The van der Waals surface area contributed by atoms with Crippen LogP contribution < -0.4 is 0 Å². The highest BCUT2D eigenvalue weighted by atomic mass is 32.1. The molecular weight excluding hydrogens is 212 g/mol. The summed E-state index contributed by atoms with van der Waals surface area (Å²) in [7, 11) is 0. The molecule has 0 amide bonds. The maximum atomic E-state index is 2.24. The number of rotatable bonds is 1. The van der Waals surface area contributed by atoms with Crippen LogP contribution in [0.25, 0.3) is 21.2 Å². The molecule has 0 aliphatic heterocycles. The highest BCUT2D eigenvalue weighted by Crippen LogP contribution is 2.31. The number of fused-ring (bicyclic) bond motifs is 1. The van der Waals surface area contributed by atoms with Gasteiger partial charge in [0.15, 0.2) is 0 Å². The standard InChI is InChI=1S/C15H12S/c1-11-7-8-13-12(10-11)4-2-5-14(13)15-6-3-9-16-15/h2-10H,1H3. The van der Waals surface area contributed by atoms with Gasteiger partial charge in [0.1, 0.15) is 0 Å². The van der Waals surface area contributed by atoms with Crippen LogP contribution in [-0.4, -0.2) is 0 Å². The molecule has 0 aliphatic rings. The van der Waals surface area contributed by atoms with E-state index in [1.54, 1.807) is 11.3 Å². The first-order valence-electron chi connectivity index (χ1n) is 5.38. The van der Waals surface area contributed by atoms with E-state index in [0.29, 0.717) is 0 Å². The van der Waals surface area contributed by atoms with Crippen molar-refractivity contribution in [3.05, 3.63) is 59.5 Å². The molecule has 1 aromatic heterocycles.